The van der Waals surface area contributed by atoms with Crippen molar-refractivity contribution < 1.29 is 10.2 Å². The van der Waals surface area contributed by atoms with E-state index in [0.717, 1.165) is 0 Å². The van der Waals surface area contributed by atoms with Crippen molar-refractivity contribution in [3.05, 3.63) is 48.6 Å². The van der Waals surface area contributed by atoms with E-state index in [1.165, 1.54) is 6.08 Å². The summed E-state index contributed by atoms with van der Waals surface area (Å²) in [6.45, 7) is 5.35. The monoisotopic (exact) mass is 192 g/mol. The number of rotatable bonds is 4. The molecule has 0 aromatic heterocycles. The van der Waals surface area contributed by atoms with Gasteiger partial charge in [-0.25, -0.2) is 0 Å². The summed E-state index contributed by atoms with van der Waals surface area (Å²) < 4.78 is 0. The number of benzene rings is 1. The summed E-state index contributed by atoms with van der Waals surface area (Å²) in [7, 11) is 0. The second kappa shape index (κ2) is 4.40. The van der Waals surface area contributed by atoms with Crippen LogP contribution < -0.4 is 0 Å². The molecular weight excluding hydrogens is 176 g/mol. The first kappa shape index (κ1) is 11.0. The van der Waals surface area contributed by atoms with Crippen LogP contribution in [0.15, 0.2) is 43.0 Å². The Bertz CT molecular complexity index is 294. The third-order valence-electron chi connectivity index (χ3n) is 2.51. The van der Waals surface area contributed by atoms with Gasteiger partial charge in [-0.15, -0.1) is 6.58 Å². The molecule has 1 rings (SSSR count). The van der Waals surface area contributed by atoms with Gasteiger partial charge in [-0.1, -0.05) is 43.3 Å². The highest BCUT2D eigenvalue weighted by molar-refractivity contribution is 5.22. The fourth-order valence-electron chi connectivity index (χ4n) is 1.37. The van der Waals surface area contributed by atoms with Crippen LogP contribution in [0.4, 0.5) is 0 Å². The first-order chi connectivity index (χ1) is 6.64. The number of aliphatic hydroxyl groups excluding tert-OH is 1. The fraction of sp³-hybridized carbons (Fsp3) is 0.333. The fourth-order valence-corrected chi connectivity index (χ4v) is 1.37. The molecule has 14 heavy (non-hydrogen) atoms. The van der Waals surface area contributed by atoms with E-state index in [0.29, 0.717) is 12.0 Å². The minimum absolute atomic E-state index is 0.437. The molecule has 0 fully saturated rings. The highest BCUT2D eigenvalue weighted by Gasteiger charge is 2.31. The van der Waals surface area contributed by atoms with E-state index in [1.807, 2.05) is 25.1 Å². The number of hydrogen-bond donors (Lipinski definition) is 2. The van der Waals surface area contributed by atoms with Gasteiger partial charge < -0.3 is 10.2 Å². The van der Waals surface area contributed by atoms with E-state index in [1.54, 1.807) is 12.1 Å². The van der Waals surface area contributed by atoms with Gasteiger partial charge in [0.2, 0.25) is 0 Å². The van der Waals surface area contributed by atoms with Crippen molar-refractivity contribution in [3.8, 4) is 0 Å². The Labute approximate surface area is 84.5 Å². The van der Waals surface area contributed by atoms with Crippen LogP contribution in [-0.4, -0.2) is 15.8 Å². The molecule has 76 valence electrons. The third kappa shape index (κ3) is 2.03. The van der Waals surface area contributed by atoms with Crippen molar-refractivity contribution >= 4 is 0 Å². The van der Waals surface area contributed by atoms with Crippen LogP contribution in [0.3, 0.4) is 0 Å². The summed E-state index contributed by atoms with van der Waals surface area (Å²) in [4.78, 5) is 0. The molecule has 0 spiro atoms. The molecule has 0 bridgehead atoms. The SMILES string of the molecule is C=C[C@](O)(CC)[C@@H](O)c1ccccc1. The zero-order valence-electron chi connectivity index (χ0n) is 8.35. The molecule has 0 saturated carbocycles. The largest absolute Gasteiger partial charge is 0.385 e. The summed E-state index contributed by atoms with van der Waals surface area (Å²) in [6, 6.07) is 9.11. The number of hydrogen-bond acceptors (Lipinski definition) is 2. The normalized spacial score (nSPS) is 17.1. The maximum atomic E-state index is 9.98. The van der Waals surface area contributed by atoms with Crippen molar-refractivity contribution in [1.29, 1.82) is 0 Å². The van der Waals surface area contributed by atoms with Gasteiger partial charge in [0.25, 0.3) is 0 Å². The summed E-state index contributed by atoms with van der Waals surface area (Å²) in [5, 5.41) is 19.9. The molecule has 1 aromatic rings. The number of aliphatic hydroxyl groups is 2. The van der Waals surface area contributed by atoms with Crippen LogP contribution in [0.25, 0.3) is 0 Å². The van der Waals surface area contributed by atoms with Crippen LogP contribution in [0, 0.1) is 0 Å². The van der Waals surface area contributed by atoms with Gasteiger partial charge in [0.15, 0.2) is 0 Å². The van der Waals surface area contributed by atoms with Crippen LogP contribution in [0.5, 0.6) is 0 Å². The van der Waals surface area contributed by atoms with Crippen molar-refractivity contribution in [2.45, 2.75) is 25.0 Å². The van der Waals surface area contributed by atoms with E-state index in [9.17, 15) is 10.2 Å². The van der Waals surface area contributed by atoms with Crippen LogP contribution >= 0.6 is 0 Å². The molecule has 0 saturated heterocycles. The Hall–Kier alpha value is -1.12. The Morgan fingerprint density at radius 3 is 2.43 bits per heavy atom. The molecule has 1 aromatic carbocycles. The van der Waals surface area contributed by atoms with Crippen molar-refractivity contribution in [2.24, 2.45) is 0 Å². The van der Waals surface area contributed by atoms with E-state index >= 15 is 0 Å². The molecule has 0 heterocycles. The summed E-state index contributed by atoms with van der Waals surface area (Å²) in [5.74, 6) is 0. The molecule has 2 heteroatoms. The maximum absolute atomic E-state index is 9.98. The quantitative estimate of drug-likeness (QED) is 0.717. The average molecular weight is 192 g/mol. The zero-order chi connectivity index (χ0) is 10.6. The topological polar surface area (TPSA) is 40.5 Å². The molecular formula is C12H16O2. The Balaban J connectivity index is 2.94. The van der Waals surface area contributed by atoms with E-state index < -0.39 is 11.7 Å². The molecule has 0 unspecified atom stereocenters. The van der Waals surface area contributed by atoms with E-state index in [-0.39, 0.29) is 0 Å². The molecule has 2 N–H and O–H groups in total. The minimum Gasteiger partial charge on any atom is -0.385 e. The molecule has 0 amide bonds. The maximum Gasteiger partial charge on any atom is 0.112 e. The van der Waals surface area contributed by atoms with Crippen molar-refractivity contribution in [1.82, 2.24) is 0 Å². The highest BCUT2D eigenvalue weighted by Crippen LogP contribution is 2.29. The van der Waals surface area contributed by atoms with Crippen LogP contribution in [0.2, 0.25) is 0 Å². The lowest BCUT2D eigenvalue weighted by molar-refractivity contribution is -0.0433. The molecule has 0 aliphatic heterocycles. The highest BCUT2D eigenvalue weighted by atomic mass is 16.3. The molecule has 2 nitrogen and oxygen atoms in total. The lowest BCUT2D eigenvalue weighted by atomic mass is 9.89. The van der Waals surface area contributed by atoms with Gasteiger partial charge in [-0.3, -0.25) is 0 Å². The van der Waals surface area contributed by atoms with E-state index in [4.69, 9.17) is 0 Å². The average Bonchev–Trinajstić information content (AvgIpc) is 2.28. The Kier molecular flexibility index (Phi) is 3.44. The predicted octanol–water partition coefficient (Wildman–Crippen LogP) is 2.05. The molecule has 2 atom stereocenters. The lowest BCUT2D eigenvalue weighted by Crippen LogP contribution is -2.33. The van der Waals surface area contributed by atoms with Gasteiger partial charge >= 0.3 is 0 Å². The van der Waals surface area contributed by atoms with Crippen molar-refractivity contribution in [3.63, 3.8) is 0 Å². The Morgan fingerprint density at radius 1 is 1.43 bits per heavy atom. The smallest absolute Gasteiger partial charge is 0.112 e. The van der Waals surface area contributed by atoms with Gasteiger partial charge in [-0.2, -0.15) is 0 Å². The van der Waals surface area contributed by atoms with Gasteiger partial charge in [-0.05, 0) is 12.0 Å². The first-order valence-electron chi connectivity index (χ1n) is 4.73. The summed E-state index contributed by atoms with van der Waals surface area (Å²) in [5.41, 5.74) is -0.529. The first-order valence-corrected chi connectivity index (χ1v) is 4.73. The second-order valence-corrected chi connectivity index (χ2v) is 3.36. The summed E-state index contributed by atoms with van der Waals surface area (Å²) in [6.07, 6.45) is 0.920. The summed E-state index contributed by atoms with van der Waals surface area (Å²) >= 11 is 0. The Morgan fingerprint density at radius 2 is 2.00 bits per heavy atom. The predicted molar refractivity (Wildman–Crippen MR) is 56.8 cm³/mol. The third-order valence-corrected chi connectivity index (χ3v) is 2.51. The van der Waals surface area contributed by atoms with Crippen LogP contribution in [0.1, 0.15) is 25.0 Å². The zero-order valence-corrected chi connectivity index (χ0v) is 8.35. The van der Waals surface area contributed by atoms with Gasteiger partial charge in [0.05, 0.1) is 0 Å². The lowest BCUT2D eigenvalue weighted by Gasteiger charge is -2.28. The molecule has 0 radical (unpaired) electrons. The van der Waals surface area contributed by atoms with Crippen molar-refractivity contribution in [2.75, 3.05) is 0 Å². The minimum atomic E-state index is -1.23. The molecule has 0 aliphatic carbocycles. The second-order valence-electron chi connectivity index (χ2n) is 3.36. The van der Waals surface area contributed by atoms with Gasteiger partial charge in [0.1, 0.15) is 11.7 Å². The molecule has 0 aliphatic rings. The van der Waals surface area contributed by atoms with E-state index in [2.05, 4.69) is 6.58 Å². The standard InChI is InChI=1S/C12H16O2/c1-3-12(14,4-2)11(13)10-8-6-5-7-9-10/h3,5-9,11,13-14H,1,4H2,2H3/t11-,12-/m0/s1. The van der Waals surface area contributed by atoms with Gasteiger partial charge in [0, 0.05) is 0 Å². The van der Waals surface area contributed by atoms with Crippen LogP contribution in [-0.2, 0) is 0 Å².